The summed E-state index contributed by atoms with van der Waals surface area (Å²) < 4.78 is 10.2. The Hall–Kier alpha value is -1.92. The van der Waals surface area contributed by atoms with Gasteiger partial charge < -0.3 is 19.3 Å². The topological polar surface area (TPSA) is 59.1 Å². The highest BCUT2D eigenvalue weighted by molar-refractivity contribution is 5.94. The Morgan fingerprint density at radius 2 is 1.70 bits per heavy atom. The van der Waals surface area contributed by atoms with Crippen LogP contribution in [-0.4, -0.2) is 74.7 Å². The van der Waals surface area contributed by atoms with Gasteiger partial charge in [-0.1, -0.05) is 18.2 Å². The summed E-state index contributed by atoms with van der Waals surface area (Å²) in [5.41, 5.74) is 0.690. The number of hydrogen-bond donors (Lipinski definition) is 0. The molecular formula is C17H24N2O4. The Labute approximate surface area is 137 Å². The highest BCUT2D eigenvalue weighted by atomic mass is 16.5. The largest absolute Gasteiger partial charge is 0.382 e. The van der Waals surface area contributed by atoms with Gasteiger partial charge in [0.1, 0.15) is 6.61 Å². The predicted molar refractivity (Wildman–Crippen MR) is 86.2 cm³/mol. The summed E-state index contributed by atoms with van der Waals surface area (Å²) >= 11 is 0. The maximum atomic E-state index is 12.5. The number of carbonyl (C=O) groups is 2. The van der Waals surface area contributed by atoms with Crippen molar-refractivity contribution in [2.75, 3.05) is 53.1 Å². The second-order valence-corrected chi connectivity index (χ2v) is 5.44. The molecule has 23 heavy (non-hydrogen) atoms. The van der Waals surface area contributed by atoms with Crippen LogP contribution in [0.1, 0.15) is 16.8 Å². The van der Waals surface area contributed by atoms with Crippen LogP contribution in [0.15, 0.2) is 30.3 Å². The van der Waals surface area contributed by atoms with Crippen molar-refractivity contribution in [2.24, 2.45) is 0 Å². The third-order valence-corrected chi connectivity index (χ3v) is 3.81. The van der Waals surface area contributed by atoms with E-state index in [0.29, 0.717) is 45.0 Å². The van der Waals surface area contributed by atoms with Gasteiger partial charge in [0.15, 0.2) is 0 Å². The molecular weight excluding hydrogens is 296 g/mol. The van der Waals surface area contributed by atoms with Crippen molar-refractivity contribution in [3.05, 3.63) is 35.9 Å². The van der Waals surface area contributed by atoms with Crippen molar-refractivity contribution in [1.29, 1.82) is 0 Å². The smallest absolute Gasteiger partial charge is 0.253 e. The van der Waals surface area contributed by atoms with E-state index in [4.69, 9.17) is 9.47 Å². The molecule has 2 amide bonds. The first-order valence-corrected chi connectivity index (χ1v) is 7.91. The molecule has 0 aromatic heterocycles. The zero-order valence-corrected chi connectivity index (χ0v) is 13.6. The molecule has 0 unspecified atom stereocenters. The van der Waals surface area contributed by atoms with Gasteiger partial charge in [0, 0.05) is 38.9 Å². The third kappa shape index (κ3) is 5.33. The van der Waals surface area contributed by atoms with Crippen LogP contribution in [0, 0.1) is 0 Å². The average Bonchev–Trinajstić information content (AvgIpc) is 2.85. The van der Waals surface area contributed by atoms with Gasteiger partial charge in [-0.2, -0.15) is 0 Å². The van der Waals surface area contributed by atoms with Gasteiger partial charge in [0.25, 0.3) is 5.91 Å². The van der Waals surface area contributed by atoms with E-state index in [2.05, 4.69) is 0 Å². The van der Waals surface area contributed by atoms with Gasteiger partial charge in [-0.15, -0.1) is 0 Å². The van der Waals surface area contributed by atoms with Gasteiger partial charge in [-0.3, -0.25) is 9.59 Å². The summed E-state index contributed by atoms with van der Waals surface area (Å²) in [5, 5.41) is 0. The molecule has 0 aliphatic carbocycles. The van der Waals surface area contributed by atoms with Crippen molar-refractivity contribution >= 4 is 11.8 Å². The minimum atomic E-state index is -0.0323. The van der Waals surface area contributed by atoms with E-state index in [1.807, 2.05) is 35.2 Å². The lowest BCUT2D eigenvalue weighted by atomic mass is 10.2. The molecule has 6 heteroatoms. The number of ether oxygens (including phenoxy) is 2. The van der Waals surface area contributed by atoms with Crippen molar-refractivity contribution in [1.82, 2.24) is 9.80 Å². The minimum absolute atomic E-state index is 0.0243. The number of nitrogens with zero attached hydrogens (tertiary/aromatic N) is 2. The molecule has 1 aliphatic heterocycles. The van der Waals surface area contributed by atoms with Crippen LogP contribution in [0.25, 0.3) is 0 Å². The maximum Gasteiger partial charge on any atom is 0.253 e. The number of benzene rings is 1. The molecule has 1 heterocycles. The molecule has 1 fully saturated rings. The van der Waals surface area contributed by atoms with Crippen LogP contribution in [0.2, 0.25) is 0 Å². The zero-order chi connectivity index (χ0) is 16.5. The predicted octanol–water partition coefficient (Wildman–Crippen LogP) is 1.02. The van der Waals surface area contributed by atoms with Crippen molar-refractivity contribution in [3.63, 3.8) is 0 Å². The lowest BCUT2D eigenvalue weighted by Gasteiger charge is -2.22. The van der Waals surface area contributed by atoms with Crippen LogP contribution >= 0.6 is 0 Å². The lowest BCUT2D eigenvalue weighted by Crippen LogP contribution is -2.39. The van der Waals surface area contributed by atoms with Gasteiger partial charge in [-0.05, 0) is 18.6 Å². The fraction of sp³-hybridized carbons (Fsp3) is 0.529. The van der Waals surface area contributed by atoms with Gasteiger partial charge >= 0.3 is 0 Å². The second kappa shape index (κ2) is 9.27. The number of carbonyl (C=O) groups excluding carboxylic acids is 2. The molecule has 126 valence electrons. The number of rotatable bonds is 6. The van der Waals surface area contributed by atoms with E-state index in [1.165, 1.54) is 0 Å². The molecule has 0 N–H and O–H groups in total. The van der Waals surface area contributed by atoms with E-state index in [1.54, 1.807) is 12.0 Å². The first-order chi connectivity index (χ1) is 11.2. The molecule has 0 spiro atoms. The standard InChI is InChI=1S/C17H24N2O4/c1-22-12-13-23-14-16(20)18-8-5-9-19(11-10-18)17(21)15-6-3-2-4-7-15/h2-4,6-7H,5,8-14H2,1H3. The number of hydrogen-bond acceptors (Lipinski definition) is 4. The zero-order valence-electron chi connectivity index (χ0n) is 13.6. The summed E-state index contributed by atoms with van der Waals surface area (Å²) in [7, 11) is 1.60. The molecule has 0 radical (unpaired) electrons. The second-order valence-electron chi connectivity index (χ2n) is 5.44. The van der Waals surface area contributed by atoms with E-state index in [9.17, 15) is 9.59 Å². The normalized spacial score (nSPS) is 15.3. The maximum absolute atomic E-state index is 12.5. The van der Waals surface area contributed by atoms with Crippen LogP contribution in [0.3, 0.4) is 0 Å². The van der Waals surface area contributed by atoms with Gasteiger partial charge in [0.2, 0.25) is 5.91 Å². The Bertz CT molecular complexity index is 507. The van der Waals surface area contributed by atoms with Gasteiger partial charge in [-0.25, -0.2) is 0 Å². The highest BCUT2D eigenvalue weighted by Crippen LogP contribution is 2.09. The molecule has 1 aliphatic rings. The Morgan fingerprint density at radius 1 is 1.00 bits per heavy atom. The summed E-state index contributed by atoms with van der Waals surface area (Å²) in [4.78, 5) is 28.2. The Morgan fingerprint density at radius 3 is 2.43 bits per heavy atom. The van der Waals surface area contributed by atoms with E-state index < -0.39 is 0 Å². The van der Waals surface area contributed by atoms with E-state index in [-0.39, 0.29) is 18.4 Å². The van der Waals surface area contributed by atoms with Crippen LogP contribution < -0.4 is 0 Å². The van der Waals surface area contributed by atoms with Crippen LogP contribution in [0.4, 0.5) is 0 Å². The summed E-state index contributed by atoms with van der Waals surface area (Å²) in [6.45, 7) is 3.38. The highest BCUT2D eigenvalue weighted by Gasteiger charge is 2.22. The van der Waals surface area contributed by atoms with E-state index >= 15 is 0 Å². The van der Waals surface area contributed by atoms with Crippen LogP contribution in [-0.2, 0) is 14.3 Å². The molecule has 0 atom stereocenters. The van der Waals surface area contributed by atoms with E-state index in [0.717, 1.165) is 6.42 Å². The Kier molecular flexibility index (Phi) is 7.03. The molecule has 1 saturated heterocycles. The van der Waals surface area contributed by atoms with Gasteiger partial charge in [0.05, 0.1) is 13.2 Å². The Balaban J connectivity index is 1.82. The lowest BCUT2D eigenvalue weighted by molar-refractivity contribution is -0.136. The van der Waals surface area contributed by atoms with Crippen LogP contribution in [0.5, 0.6) is 0 Å². The first-order valence-electron chi connectivity index (χ1n) is 7.91. The SMILES string of the molecule is COCCOCC(=O)N1CCCN(C(=O)c2ccccc2)CC1. The number of methoxy groups -OCH3 is 1. The number of amides is 2. The quantitative estimate of drug-likeness (QED) is 0.735. The third-order valence-electron chi connectivity index (χ3n) is 3.81. The molecule has 2 rings (SSSR count). The summed E-state index contributed by atoms with van der Waals surface area (Å²) in [6, 6.07) is 9.25. The van der Waals surface area contributed by atoms with Crippen molar-refractivity contribution in [3.8, 4) is 0 Å². The summed E-state index contributed by atoms with van der Waals surface area (Å²) in [6.07, 6.45) is 0.780. The average molecular weight is 320 g/mol. The molecule has 6 nitrogen and oxygen atoms in total. The molecule has 1 aromatic carbocycles. The summed E-state index contributed by atoms with van der Waals surface area (Å²) in [5.74, 6) is -0.00800. The molecule has 0 bridgehead atoms. The fourth-order valence-electron chi connectivity index (χ4n) is 2.53. The van der Waals surface area contributed by atoms with Crippen molar-refractivity contribution in [2.45, 2.75) is 6.42 Å². The van der Waals surface area contributed by atoms with Crippen molar-refractivity contribution < 1.29 is 19.1 Å². The molecule has 0 saturated carbocycles. The minimum Gasteiger partial charge on any atom is -0.382 e. The first kappa shape index (κ1) is 17.4. The molecule has 1 aromatic rings. The fourth-order valence-corrected chi connectivity index (χ4v) is 2.53. The monoisotopic (exact) mass is 320 g/mol.